The Morgan fingerprint density at radius 3 is 2.71 bits per heavy atom. The first kappa shape index (κ1) is 15.1. The molecule has 0 unspecified atom stereocenters. The average molecular weight is 320 g/mol. The maximum Gasteiger partial charge on any atom is 0.0408 e. The van der Waals surface area contributed by atoms with E-state index in [1.165, 1.54) is 23.3 Å². The predicted octanol–water partition coefficient (Wildman–Crippen LogP) is 5.21. The molecule has 0 bridgehead atoms. The van der Waals surface area contributed by atoms with Crippen LogP contribution in [0.25, 0.3) is 0 Å². The van der Waals surface area contributed by atoms with Gasteiger partial charge in [-0.2, -0.15) is 0 Å². The Balaban J connectivity index is 1.49. The van der Waals surface area contributed by atoms with Gasteiger partial charge in [0, 0.05) is 27.9 Å². The molecule has 1 aromatic heterocycles. The highest BCUT2D eigenvalue weighted by Crippen LogP contribution is 2.38. The minimum Gasteiger partial charge on any atom is -0.313 e. The molecule has 1 heterocycles. The number of hydrogen-bond acceptors (Lipinski definition) is 2. The lowest BCUT2D eigenvalue weighted by Crippen LogP contribution is -2.45. The molecule has 2 aromatic rings. The summed E-state index contributed by atoms with van der Waals surface area (Å²) in [6.07, 6.45) is 2.45. The van der Waals surface area contributed by atoms with Crippen LogP contribution in [0.15, 0.2) is 41.8 Å². The minimum absolute atomic E-state index is 0.218. The normalized spacial score (nSPS) is 22.0. The van der Waals surface area contributed by atoms with Crippen molar-refractivity contribution in [2.75, 3.05) is 6.54 Å². The fourth-order valence-corrected chi connectivity index (χ4v) is 4.02. The van der Waals surface area contributed by atoms with Crippen molar-refractivity contribution in [1.82, 2.24) is 5.32 Å². The zero-order valence-corrected chi connectivity index (χ0v) is 14.2. The molecule has 1 fully saturated rings. The highest BCUT2D eigenvalue weighted by atomic mass is 35.5. The van der Waals surface area contributed by atoms with E-state index < -0.39 is 0 Å². The van der Waals surface area contributed by atoms with Crippen molar-refractivity contribution in [3.05, 3.63) is 57.2 Å². The molecule has 21 heavy (non-hydrogen) atoms. The summed E-state index contributed by atoms with van der Waals surface area (Å²) in [6.45, 7) is 5.68. The summed E-state index contributed by atoms with van der Waals surface area (Å²) in [5, 5.41) is 6.75. The van der Waals surface area contributed by atoms with Crippen molar-refractivity contribution in [2.24, 2.45) is 0 Å². The van der Waals surface area contributed by atoms with Gasteiger partial charge in [-0.1, -0.05) is 43.6 Å². The third-order valence-electron chi connectivity index (χ3n) is 4.48. The van der Waals surface area contributed by atoms with Gasteiger partial charge in [0.05, 0.1) is 0 Å². The lowest BCUT2D eigenvalue weighted by atomic mass is 9.75. The first-order chi connectivity index (χ1) is 10.0. The first-order valence-electron chi connectivity index (χ1n) is 7.57. The van der Waals surface area contributed by atoms with Gasteiger partial charge in [0.25, 0.3) is 0 Å². The van der Waals surface area contributed by atoms with E-state index in [9.17, 15) is 0 Å². The van der Waals surface area contributed by atoms with Gasteiger partial charge in [-0.05, 0) is 47.9 Å². The summed E-state index contributed by atoms with van der Waals surface area (Å²) in [5.41, 5.74) is 1.60. The molecular formula is C18H22ClNS. The Labute approximate surface area is 136 Å². The number of thiophene rings is 1. The summed E-state index contributed by atoms with van der Waals surface area (Å²) in [5.74, 6) is 0.672. The maximum absolute atomic E-state index is 6.07. The van der Waals surface area contributed by atoms with E-state index in [-0.39, 0.29) is 5.41 Å². The van der Waals surface area contributed by atoms with Crippen molar-refractivity contribution in [3.8, 4) is 0 Å². The second-order valence-corrected chi connectivity index (χ2v) is 8.05. The molecule has 1 nitrogen and oxygen atoms in total. The molecule has 3 heteroatoms. The largest absolute Gasteiger partial charge is 0.313 e. The molecule has 0 spiro atoms. The van der Waals surface area contributed by atoms with Crippen molar-refractivity contribution in [2.45, 2.75) is 44.1 Å². The highest BCUT2D eigenvalue weighted by Gasteiger charge is 2.32. The predicted molar refractivity (Wildman–Crippen MR) is 92.6 cm³/mol. The fraction of sp³-hybridized carbons (Fsp3) is 0.444. The Bertz CT molecular complexity index is 585. The second-order valence-electron chi connectivity index (χ2n) is 6.66. The van der Waals surface area contributed by atoms with E-state index in [1.807, 2.05) is 17.4 Å². The maximum atomic E-state index is 6.07. The van der Waals surface area contributed by atoms with Gasteiger partial charge in [-0.25, -0.2) is 0 Å². The molecular weight excluding hydrogens is 298 g/mol. The van der Waals surface area contributed by atoms with Gasteiger partial charge < -0.3 is 5.32 Å². The number of halogens is 1. The minimum atomic E-state index is 0.218. The van der Waals surface area contributed by atoms with Crippen molar-refractivity contribution in [1.29, 1.82) is 0 Å². The molecule has 1 N–H and O–H groups in total. The highest BCUT2D eigenvalue weighted by molar-refractivity contribution is 7.10. The number of benzene rings is 1. The van der Waals surface area contributed by atoms with Gasteiger partial charge in [-0.15, -0.1) is 11.3 Å². The Hall–Kier alpha value is -0.830. The van der Waals surface area contributed by atoms with E-state index in [0.717, 1.165) is 11.6 Å². The Morgan fingerprint density at radius 1 is 1.24 bits per heavy atom. The molecule has 3 rings (SSSR count). The van der Waals surface area contributed by atoms with Crippen molar-refractivity contribution in [3.63, 3.8) is 0 Å². The zero-order valence-electron chi connectivity index (χ0n) is 12.6. The summed E-state index contributed by atoms with van der Waals surface area (Å²) in [6, 6.07) is 13.3. The molecule has 112 valence electrons. The van der Waals surface area contributed by atoms with Crippen molar-refractivity contribution >= 4 is 22.9 Å². The third-order valence-corrected chi connectivity index (χ3v) is 5.95. The molecule has 0 radical (unpaired) electrons. The molecule has 0 amide bonds. The van der Waals surface area contributed by atoms with Crippen LogP contribution in [-0.2, 0) is 5.41 Å². The van der Waals surface area contributed by atoms with Gasteiger partial charge in [0.15, 0.2) is 0 Å². The summed E-state index contributed by atoms with van der Waals surface area (Å²) in [7, 11) is 0. The molecule has 0 atom stereocenters. The van der Waals surface area contributed by atoms with Crippen LogP contribution < -0.4 is 5.32 Å². The Morgan fingerprint density at radius 2 is 2.05 bits per heavy atom. The lowest BCUT2D eigenvalue weighted by molar-refractivity contribution is 0.273. The number of nitrogens with one attached hydrogen (secondary N) is 1. The summed E-state index contributed by atoms with van der Waals surface area (Å²) >= 11 is 7.92. The third kappa shape index (κ3) is 3.50. The van der Waals surface area contributed by atoms with E-state index in [1.54, 1.807) is 0 Å². The van der Waals surface area contributed by atoms with Crippen LogP contribution >= 0.6 is 22.9 Å². The first-order valence-corrected chi connectivity index (χ1v) is 8.83. The van der Waals surface area contributed by atoms with Gasteiger partial charge in [-0.3, -0.25) is 0 Å². The van der Waals surface area contributed by atoms with Crippen LogP contribution in [0, 0.1) is 0 Å². The molecule has 1 aliphatic carbocycles. The summed E-state index contributed by atoms with van der Waals surface area (Å²) < 4.78 is 0. The lowest BCUT2D eigenvalue weighted by Gasteiger charge is -2.38. The molecule has 1 aliphatic rings. The van der Waals surface area contributed by atoms with Gasteiger partial charge in [0.1, 0.15) is 0 Å². The SMILES string of the molecule is CC(C)(CNC1CC(c2cccc(Cl)c2)C1)c1cccs1. The molecule has 0 saturated heterocycles. The molecule has 1 aromatic carbocycles. The van der Waals surface area contributed by atoms with Crippen LogP contribution in [0.3, 0.4) is 0 Å². The van der Waals surface area contributed by atoms with E-state index in [4.69, 9.17) is 11.6 Å². The number of rotatable bonds is 5. The standard InChI is InChI=1S/C18H22ClNS/c1-18(2,17-7-4-8-21-17)12-20-16-10-14(11-16)13-5-3-6-15(19)9-13/h3-9,14,16,20H,10-12H2,1-2H3. The second kappa shape index (κ2) is 6.12. The van der Waals surface area contributed by atoms with Crippen LogP contribution in [0.4, 0.5) is 0 Å². The fourth-order valence-electron chi connectivity index (χ4n) is 2.97. The van der Waals surface area contributed by atoms with Crippen LogP contribution in [0.5, 0.6) is 0 Å². The average Bonchev–Trinajstić information content (AvgIpc) is 2.91. The van der Waals surface area contributed by atoms with Gasteiger partial charge in [0.2, 0.25) is 0 Å². The monoisotopic (exact) mass is 319 g/mol. The molecule has 0 aliphatic heterocycles. The topological polar surface area (TPSA) is 12.0 Å². The van der Waals surface area contributed by atoms with Crippen LogP contribution in [0.2, 0.25) is 5.02 Å². The smallest absolute Gasteiger partial charge is 0.0408 e. The quantitative estimate of drug-likeness (QED) is 0.797. The van der Waals surface area contributed by atoms with E-state index in [0.29, 0.717) is 12.0 Å². The van der Waals surface area contributed by atoms with Crippen LogP contribution in [-0.4, -0.2) is 12.6 Å². The Kier molecular flexibility index (Phi) is 4.39. The summed E-state index contributed by atoms with van der Waals surface area (Å²) in [4.78, 5) is 1.46. The zero-order chi connectivity index (χ0) is 14.9. The van der Waals surface area contributed by atoms with Crippen LogP contribution in [0.1, 0.15) is 43.0 Å². The van der Waals surface area contributed by atoms with E-state index >= 15 is 0 Å². The van der Waals surface area contributed by atoms with E-state index in [2.05, 4.69) is 54.9 Å². The van der Waals surface area contributed by atoms with Gasteiger partial charge >= 0.3 is 0 Å². The van der Waals surface area contributed by atoms with Crippen molar-refractivity contribution < 1.29 is 0 Å². The molecule has 1 saturated carbocycles. The number of hydrogen-bond donors (Lipinski definition) is 1.